The van der Waals surface area contributed by atoms with Crippen LogP contribution in [-0.4, -0.2) is 82.7 Å². The third-order valence-electron chi connectivity index (χ3n) is 9.86. The zero-order valence-electron chi connectivity index (χ0n) is 27.8. The smallest absolute Gasteiger partial charge is 0.361 e. The highest BCUT2D eigenvalue weighted by Gasteiger charge is 2.41. The second-order valence-electron chi connectivity index (χ2n) is 13.3. The quantitative estimate of drug-likeness (QED) is 0.223. The summed E-state index contributed by atoms with van der Waals surface area (Å²) in [5, 5.41) is 3.96. The number of H-pyrrole nitrogens is 1. The summed E-state index contributed by atoms with van der Waals surface area (Å²) in [5.41, 5.74) is -1.85. The minimum Gasteiger partial charge on any atom is -0.361 e. The van der Waals surface area contributed by atoms with Crippen molar-refractivity contribution in [2.24, 2.45) is 0 Å². The van der Waals surface area contributed by atoms with E-state index in [-0.39, 0.29) is 50.5 Å². The van der Waals surface area contributed by atoms with Crippen LogP contribution in [0.2, 0.25) is 0 Å². The molecule has 0 spiro atoms. The van der Waals surface area contributed by atoms with E-state index in [1.165, 1.54) is 11.8 Å². The summed E-state index contributed by atoms with van der Waals surface area (Å²) in [5.74, 6) is -1.28. The van der Waals surface area contributed by atoms with Crippen molar-refractivity contribution in [3.8, 4) is 0 Å². The second kappa shape index (κ2) is 14.0. The summed E-state index contributed by atoms with van der Waals surface area (Å²) in [4.78, 5) is 47.7. The van der Waals surface area contributed by atoms with Gasteiger partial charge in [-0.2, -0.15) is 26.3 Å². The number of aromatic nitrogens is 1. The molecule has 1 atom stereocenters. The number of piperidine rings is 1. The van der Waals surface area contributed by atoms with Gasteiger partial charge in [0.1, 0.15) is 0 Å². The molecule has 270 valence electrons. The number of hydrogen-bond acceptors (Lipinski definition) is 4. The molecular weight excluding hydrogens is 676 g/mol. The standard InChI is InChI=1S/C37H37F6N5O3/c1-24(49)45-35(27-7-3-2-4-8-27)11-13-47(14-12-35)33(50)23-46-15-16-48(30(22-46)19-26-21-44-32-10-6-5-9-31(26)32)34(51)25-17-28(36(38,39)40)20-29(18-25)37(41,42)43/h2-10,17-18,20-21,30,44H,11-16,19,22-23H2,1H3,(H,45,49)/t30-/m1/s1. The zero-order chi connectivity index (χ0) is 36.6. The molecular formula is C37H37F6N5O3. The SMILES string of the molecule is CC(=O)NC1(c2ccccc2)CCN(C(=O)CN2CCN(C(=O)c3cc(C(F)(F)F)cc(C(F)(F)F)c3)[C@H](Cc3c[nH]c4ccccc34)C2)CC1. The Hall–Kier alpha value is -4.85. The molecule has 0 aliphatic carbocycles. The number of carbonyl (C=O) groups excluding carboxylic acids is 3. The second-order valence-corrected chi connectivity index (χ2v) is 13.3. The monoisotopic (exact) mass is 713 g/mol. The normalized spacial score (nSPS) is 18.5. The Kier molecular flexibility index (Phi) is 9.90. The van der Waals surface area contributed by atoms with Gasteiger partial charge in [-0.1, -0.05) is 48.5 Å². The van der Waals surface area contributed by atoms with E-state index in [2.05, 4.69) is 10.3 Å². The van der Waals surface area contributed by atoms with Crippen LogP contribution in [0.3, 0.4) is 0 Å². The lowest BCUT2D eigenvalue weighted by Crippen LogP contribution is -2.58. The summed E-state index contributed by atoms with van der Waals surface area (Å²) in [7, 11) is 0. The largest absolute Gasteiger partial charge is 0.416 e. The van der Waals surface area contributed by atoms with Crippen molar-refractivity contribution in [3.05, 3.63) is 107 Å². The molecule has 2 fully saturated rings. The fourth-order valence-electron chi connectivity index (χ4n) is 7.31. The van der Waals surface area contributed by atoms with Crippen LogP contribution >= 0.6 is 0 Å². The number of piperazine rings is 1. The number of likely N-dealkylation sites (tertiary alicyclic amines) is 1. The molecule has 2 aliphatic heterocycles. The highest BCUT2D eigenvalue weighted by Crippen LogP contribution is 2.37. The number of rotatable bonds is 7. The van der Waals surface area contributed by atoms with Crippen LogP contribution in [-0.2, 0) is 33.9 Å². The van der Waals surface area contributed by atoms with Crippen LogP contribution in [0.15, 0.2) is 79.0 Å². The van der Waals surface area contributed by atoms with E-state index in [0.29, 0.717) is 38.1 Å². The summed E-state index contributed by atoms with van der Waals surface area (Å²) < 4.78 is 82.0. The van der Waals surface area contributed by atoms with Crippen molar-refractivity contribution in [3.63, 3.8) is 0 Å². The van der Waals surface area contributed by atoms with Crippen molar-refractivity contribution in [1.82, 2.24) is 25.0 Å². The van der Waals surface area contributed by atoms with Gasteiger partial charge in [-0.25, -0.2) is 0 Å². The zero-order valence-corrected chi connectivity index (χ0v) is 27.8. The Balaban J connectivity index is 1.22. The number of para-hydroxylation sites is 1. The summed E-state index contributed by atoms with van der Waals surface area (Å²) in [6.07, 6.45) is -7.18. The maximum absolute atomic E-state index is 13.9. The highest BCUT2D eigenvalue weighted by molar-refractivity contribution is 5.95. The Labute approximate surface area is 290 Å². The van der Waals surface area contributed by atoms with Gasteiger partial charge in [-0.3, -0.25) is 19.3 Å². The number of aromatic amines is 1. The number of carbonyl (C=O) groups is 3. The molecule has 51 heavy (non-hydrogen) atoms. The first kappa shape index (κ1) is 36.0. The fraction of sp³-hybridized carbons (Fsp3) is 0.378. The van der Waals surface area contributed by atoms with Crippen molar-refractivity contribution in [1.29, 1.82) is 0 Å². The number of halogens is 6. The number of benzene rings is 3. The van der Waals surface area contributed by atoms with Crippen molar-refractivity contribution < 1.29 is 40.7 Å². The molecule has 6 rings (SSSR count). The number of alkyl halides is 6. The number of fused-ring (bicyclic) bond motifs is 1. The van der Waals surface area contributed by atoms with E-state index in [9.17, 15) is 40.7 Å². The molecule has 3 heterocycles. The topological polar surface area (TPSA) is 88.8 Å². The Morgan fingerprint density at radius 2 is 1.47 bits per heavy atom. The molecule has 8 nitrogen and oxygen atoms in total. The fourth-order valence-corrected chi connectivity index (χ4v) is 7.31. The Morgan fingerprint density at radius 1 is 0.843 bits per heavy atom. The van der Waals surface area contributed by atoms with Crippen LogP contribution in [0.1, 0.15) is 52.4 Å². The molecule has 2 saturated heterocycles. The Morgan fingerprint density at radius 3 is 2.10 bits per heavy atom. The van der Waals surface area contributed by atoms with Gasteiger partial charge < -0.3 is 20.1 Å². The number of nitrogens with one attached hydrogen (secondary N) is 2. The van der Waals surface area contributed by atoms with Crippen molar-refractivity contribution in [2.75, 3.05) is 39.3 Å². The maximum Gasteiger partial charge on any atom is 0.416 e. The van der Waals surface area contributed by atoms with Gasteiger partial charge in [0, 0.05) is 68.4 Å². The van der Waals surface area contributed by atoms with Gasteiger partial charge >= 0.3 is 12.4 Å². The summed E-state index contributed by atoms with van der Waals surface area (Å²) >= 11 is 0. The van der Waals surface area contributed by atoms with Gasteiger partial charge in [0.15, 0.2) is 0 Å². The first-order valence-electron chi connectivity index (χ1n) is 16.6. The minimum absolute atomic E-state index is 0.00438. The van der Waals surface area contributed by atoms with Crippen LogP contribution in [0.4, 0.5) is 26.3 Å². The predicted molar refractivity (Wildman–Crippen MR) is 177 cm³/mol. The molecule has 0 unspecified atom stereocenters. The third-order valence-corrected chi connectivity index (χ3v) is 9.86. The minimum atomic E-state index is -5.10. The lowest BCUT2D eigenvalue weighted by Gasteiger charge is -2.44. The number of nitrogens with zero attached hydrogens (tertiary/aromatic N) is 3. The molecule has 2 N–H and O–H groups in total. The molecule has 3 amide bonds. The molecule has 4 aromatic rings. The molecule has 2 aliphatic rings. The molecule has 14 heteroatoms. The molecule has 0 bridgehead atoms. The van der Waals surface area contributed by atoms with E-state index < -0.39 is 46.5 Å². The molecule has 0 saturated carbocycles. The Bertz CT molecular complexity index is 1870. The first-order chi connectivity index (χ1) is 24.1. The van der Waals surface area contributed by atoms with E-state index in [4.69, 9.17) is 0 Å². The lowest BCUT2D eigenvalue weighted by atomic mass is 9.80. The van der Waals surface area contributed by atoms with Crippen LogP contribution in [0.5, 0.6) is 0 Å². The number of amides is 3. The van der Waals surface area contributed by atoms with Crippen LogP contribution in [0, 0.1) is 0 Å². The number of hydrogen-bond donors (Lipinski definition) is 2. The summed E-state index contributed by atoms with van der Waals surface area (Å²) in [6, 6.07) is 17.3. The highest BCUT2D eigenvalue weighted by atomic mass is 19.4. The maximum atomic E-state index is 13.9. The van der Waals surface area contributed by atoms with E-state index in [1.54, 1.807) is 11.1 Å². The van der Waals surface area contributed by atoms with Gasteiger partial charge in [-0.05, 0) is 54.7 Å². The van der Waals surface area contributed by atoms with Crippen molar-refractivity contribution in [2.45, 2.75) is 50.1 Å². The van der Waals surface area contributed by atoms with Crippen molar-refractivity contribution >= 4 is 28.6 Å². The van der Waals surface area contributed by atoms with Gasteiger partial charge in [0.05, 0.1) is 23.2 Å². The average Bonchev–Trinajstić information content (AvgIpc) is 3.50. The molecule has 0 radical (unpaired) electrons. The van der Waals surface area contributed by atoms with Crippen LogP contribution < -0.4 is 5.32 Å². The van der Waals surface area contributed by atoms with Gasteiger partial charge in [-0.15, -0.1) is 0 Å². The molecule has 3 aromatic carbocycles. The summed E-state index contributed by atoms with van der Waals surface area (Å²) in [6.45, 7) is 2.58. The average molecular weight is 714 g/mol. The van der Waals surface area contributed by atoms with Crippen LogP contribution in [0.25, 0.3) is 10.9 Å². The predicted octanol–water partition coefficient (Wildman–Crippen LogP) is 6.23. The lowest BCUT2D eigenvalue weighted by molar-refractivity contribution is -0.143. The molecule has 1 aromatic heterocycles. The van der Waals surface area contributed by atoms with Gasteiger partial charge in [0.2, 0.25) is 11.8 Å². The first-order valence-corrected chi connectivity index (χ1v) is 16.6. The van der Waals surface area contributed by atoms with E-state index in [1.807, 2.05) is 59.5 Å². The van der Waals surface area contributed by atoms with E-state index >= 15 is 0 Å². The van der Waals surface area contributed by atoms with Gasteiger partial charge in [0.25, 0.3) is 5.91 Å². The third kappa shape index (κ3) is 7.90. The van der Waals surface area contributed by atoms with E-state index in [0.717, 1.165) is 22.0 Å².